The molecule has 4 N–H and O–H groups in total. The van der Waals surface area contributed by atoms with Crippen LogP contribution in [0.3, 0.4) is 0 Å². The smallest absolute Gasteiger partial charge is 0.406 e. The van der Waals surface area contributed by atoms with E-state index in [1.807, 2.05) is 19.9 Å². The molecular weight excluding hydrogens is 683 g/mol. The highest BCUT2D eigenvalue weighted by molar-refractivity contribution is 6.74. The van der Waals surface area contributed by atoms with E-state index in [2.05, 4.69) is 119 Å². The maximum atomic E-state index is 12.1. The van der Waals surface area contributed by atoms with Crippen molar-refractivity contribution in [3.05, 3.63) is 48.6 Å². The maximum absolute atomic E-state index is 12.1. The number of carboxylic acid groups (broad SMARTS) is 1. The first-order chi connectivity index (χ1) is 23.6. The Morgan fingerprint density at radius 2 is 1.37 bits per heavy atom. The number of aliphatic hydroxyl groups excluding tert-OH is 1. The SMILES string of the molecule is C=C/C=C\[C@H](C)[C@@](O)(NC(=O)O)[C@H](C)[C@H](O[Si](C)(C)C(C)(C)C)[C@@H](C)C/C(C)=C\[C@H](C)[C@@H](O[Si](C)(C)C(C)(C)C)[C@@H](C)/C=C\[C@@H](O)CC1CCCC1. The molecule has 1 aliphatic carbocycles. The molecule has 1 fully saturated rings. The third-order valence-corrected chi connectivity index (χ3v) is 21.6. The highest BCUT2D eigenvalue weighted by Gasteiger charge is 2.49. The number of hydrogen-bond donors (Lipinski definition) is 4. The van der Waals surface area contributed by atoms with Gasteiger partial charge in [-0.05, 0) is 79.7 Å². The quantitative estimate of drug-likeness (QED) is 0.0426. The zero-order chi connectivity index (χ0) is 40.5. The van der Waals surface area contributed by atoms with E-state index in [1.54, 1.807) is 18.2 Å². The summed E-state index contributed by atoms with van der Waals surface area (Å²) in [4.78, 5) is 12.1. The molecule has 1 aliphatic rings. The van der Waals surface area contributed by atoms with Gasteiger partial charge in [-0.25, -0.2) is 4.79 Å². The molecule has 0 radical (unpaired) electrons. The fourth-order valence-electron chi connectivity index (χ4n) is 7.21. The number of amides is 1. The molecule has 7 nitrogen and oxygen atoms in total. The summed E-state index contributed by atoms with van der Waals surface area (Å²) in [5.74, 6) is -0.326. The third kappa shape index (κ3) is 14.3. The lowest BCUT2D eigenvalue weighted by molar-refractivity contribution is -0.112. The molecule has 0 aromatic rings. The average molecular weight is 764 g/mol. The molecule has 0 aliphatic heterocycles. The Morgan fingerprint density at radius 3 is 1.83 bits per heavy atom. The van der Waals surface area contributed by atoms with Gasteiger partial charge in [-0.1, -0.05) is 150 Å². The molecule has 1 saturated carbocycles. The Bertz CT molecular complexity index is 1210. The van der Waals surface area contributed by atoms with Gasteiger partial charge in [0.2, 0.25) is 0 Å². The lowest BCUT2D eigenvalue weighted by Gasteiger charge is -2.48. The fraction of sp³-hybridized carbons (Fsp3) is 0.791. The second-order valence-electron chi connectivity index (χ2n) is 19.4. The van der Waals surface area contributed by atoms with Crippen LogP contribution in [-0.4, -0.2) is 62.1 Å². The van der Waals surface area contributed by atoms with E-state index < -0.39 is 52.5 Å². The molecule has 0 saturated heterocycles. The normalized spacial score (nSPS) is 21.7. The zero-order valence-corrected chi connectivity index (χ0v) is 38.2. The van der Waals surface area contributed by atoms with E-state index in [9.17, 15) is 20.1 Å². The molecule has 0 bridgehead atoms. The van der Waals surface area contributed by atoms with Gasteiger partial charge in [0, 0.05) is 11.8 Å². The van der Waals surface area contributed by atoms with E-state index in [0.717, 1.165) is 6.42 Å². The van der Waals surface area contributed by atoms with Crippen LogP contribution >= 0.6 is 0 Å². The first-order valence-corrected chi connectivity index (χ1v) is 25.8. The van der Waals surface area contributed by atoms with E-state index in [1.165, 1.54) is 31.3 Å². The second kappa shape index (κ2) is 19.9. The second-order valence-corrected chi connectivity index (χ2v) is 28.9. The Morgan fingerprint density at radius 1 is 0.865 bits per heavy atom. The monoisotopic (exact) mass is 764 g/mol. The summed E-state index contributed by atoms with van der Waals surface area (Å²) in [7, 11) is -4.48. The van der Waals surface area contributed by atoms with Gasteiger partial charge in [0.05, 0.1) is 18.3 Å². The van der Waals surface area contributed by atoms with Crippen molar-refractivity contribution in [1.82, 2.24) is 5.32 Å². The van der Waals surface area contributed by atoms with E-state index >= 15 is 0 Å². The Labute approximate surface area is 322 Å². The molecule has 0 spiro atoms. The van der Waals surface area contributed by atoms with Crippen LogP contribution in [-0.2, 0) is 8.85 Å². The highest BCUT2D eigenvalue weighted by Crippen LogP contribution is 2.43. The molecule has 52 heavy (non-hydrogen) atoms. The topological polar surface area (TPSA) is 108 Å². The number of rotatable bonds is 20. The number of carbonyl (C=O) groups is 1. The minimum Gasteiger partial charge on any atom is -0.465 e. The fourth-order valence-corrected chi connectivity index (χ4v) is 10.1. The van der Waals surface area contributed by atoms with E-state index in [-0.39, 0.29) is 33.9 Å². The van der Waals surface area contributed by atoms with Gasteiger partial charge >= 0.3 is 6.09 Å². The minimum absolute atomic E-state index is 0.0342. The van der Waals surface area contributed by atoms with Crippen molar-refractivity contribution in [3.63, 3.8) is 0 Å². The number of aliphatic hydroxyl groups is 2. The standard InChI is InChI=1S/C43H81NO6Si2/c1-18-19-22-34(6)43(48,44-40(46)47)35(7)39(50-52(16,17)42(11,12)13)33(5)28-30(2)27-32(4)38(49-51(14,15)41(8,9)10)31(3)25-26-37(45)29-36-23-20-21-24-36/h18-19,22,25-27,31-39,44-45,48H,1,20-21,23-24,28-29H2,2-17H3,(H,46,47)/b22-19-,26-25-,30-27-/t31-,32-,33-,34-,35+,37+,38-,39+,43-/m0/s1. The molecule has 0 heterocycles. The third-order valence-electron chi connectivity index (χ3n) is 12.7. The lowest BCUT2D eigenvalue weighted by Crippen LogP contribution is -2.62. The zero-order valence-electron chi connectivity index (χ0n) is 36.2. The molecule has 0 aromatic heterocycles. The summed E-state index contributed by atoms with van der Waals surface area (Å²) in [6, 6.07) is 0. The van der Waals surface area contributed by atoms with Gasteiger partial charge in [-0.2, -0.15) is 0 Å². The summed E-state index contributed by atoms with van der Waals surface area (Å²) >= 11 is 0. The van der Waals surface area contributed by atoms with E-state index in [4.69, 9.17) is 8.85 Å². The molecule has 0 unspecified atom stereocenters. The predicted molar refractivity (Wildman–Crippen MR) is 226 cm³/mol. The molecule has 302 valence electrons. The summed E-state index contributed by atoms with van der Waals surface area (Å²) in [5, 5.41) is 35.3. The summed E-state index contributed by atoms with van der Waals surface area (Å²) in [6.07, 6.45) is 16.0. The molecule has 9 atom stereocenters. The van der Waals surface area contributed by atoms with Crippen LogP contribution in [0.25, 0.3) is 0 Å². The van der Waals surface area contributed by atoms with Crippen molar-refractivity contribution in [2.45, 2.75) is 182 Å². The molecule has 1 rings (SSSR count). The molecule has 1 amide bonds. The van der Waals surface area contributed by atoms with Gasteiger partial charge in [0.15, 0.2) is 22.4 Å². The maximum Gasteiger partial charge on any atom is 0.406 e. The van der Waals surface area contributed by atoms with Crippen LogP contribution in [0.2, 0.25) is 36.3 Å². The Kier molecular flexibility index (Phi) is 18.6. The molecular formula is C43H81NO6Si2. The molecule has 9 heteroatoms. The lowest BCUT2D eigenvalue weighted by atomic mass is 9.77. The number of allylic oxidation sites excluding steroid dienone is 3. The summed E-state index contributed by atoms with van der Waals surface area (Å²) < 4.78 is 14.3. The van der Waals surface area contributed by atoms with E-state index in [0.29, 0.717) is 12.3 Å². The number of nitrogens with one attached hydrogen (secondary N) is 1. The minimum atomic E-state index is -2.35. The average Bonchev–Trinajstić information content (AvgIpc) is 3.50. The van der Waals surface area contributed by atoms with Crippen LogP contribution in [0.15, 0.2) is 48.6 Å². The Hall–Kier alpha value is -1.50. The van der Waals surface area contributed by atoms with Crippen LogP contribution in [0.5, 0.6) is 0 Å². The van der Waals surface area contributed by atoms with Gasteiger partial charge in [-0.15, -0.1) is 0 Å². The van der Waals surface area contributed by atoms with Crippen LogP contribution in [0.1, 0.15) is 122 Å². The number of hydrogen-bond acceptors (Lipinski definition) is 5. The van der Waals surface area contributed by atoms with Crippen molar-refractivity contribution in [2.24, 2.45) is 35.5 Å². The predicted octanol–water partition coefficient (Wildman–Crippen LogP) is 11.5. The first kappa shape index (κ1) is 48.5. The first-order valence-electron chi connectivity index (χ1n) is 20.0. The molecule has 0 aromatic carbocycles. The van der Waals surface area contributed by atoms with Crippen molar-refractivity contribution >= 4 is 22.7 Å². The summed E-state index contributed by atoms with van der Waals surface area (Å²) in [6.45, 7) is 38.7. The van der Waals surface area contributed by atoms with Crippen molar-refractivity contribution in [3.8, 4) is 0 Å². The van der Waals surface area contributed by atoms with Gasteiger partial charge < -0.3 is 24.2 Å². The van der Waals surface area contributed by atoms with Gasteiger partial charge in [-0.3, -0.25) is 5.32 Å². The van der Waals surface area contributed by atoms with Crippen molar-refractivity contribution in [1.29, 1.82) is 0 Å². The van der Waals surface area contributed by atoms with Crippen molar-refractivity contribution in [2.75, 3.05) is 0 Å². The summed E-state index contributed by atoms with van der Waals surface area (Å²) in [5.41, 5.74) is -0.573. The van der Waals surface area contributed by atoms with Gasteiger partial charge in [0.1, 0.15) is 0 Å². The highest BCUT2D eigenvalue weighted by atomic mass is 28.4. The van der Waals surface area contributed by atoms with Crippen LogP contribution < -0.4 is 5.32 Å². The van der Waals surface area contributed by atoms with Crippen LogP contribution in [0, 0.1) is 35.5 Å². The van der Waals surface area contributed by atoms with Crippen molar-refractivity contribution < 1.29 is 29.0 Å². The van der Waals surface area contributed by atoms with Gasteiger partial charge in [0.25, 0.3) is 0 Å². The van der Waals surface area contributed by atoms with Crippen LogP contribution in [0.4, 0.5) is 4.79 Å². The largest absolute Gasteiger partial charge is 0.465 e. The Balaban J connectivity index is 3.54.